The number of nitrogens with zero attached hydrogens (tertiary/aromatic N) is 1. The lowest BCUT2D eigenvalue weighted by atomic mass is 10.2. The number of amides is 1. The molecule has 0 radical (unpaired) electrons. The zero-order valence-corrected chi connectivity index (χ0v) is 13.1. The molecule has 1 aromatic carbocycles. The third kappa shape index (κ3) is 3.71. The second-order valence-corrected chi connectivity index (χ2v) is 6.92. The van der Waals surface area contributed by atoms with Gasteiger partial charge in [-0.05, 0) is 23.8 Å². The number of sulfone groups is 1. The van der Waals surface area contributed by atoms with E-state index in [0.717, 1.165) is 0 Å². The Bertz CT molecular complexity index is 716. The van der Waals surface area contributed by atoms with Gasteiger partial charge in [0.1, 0.15) is 5.25 Å². The van der Waals surface area contributed by atoms with Crippen LogP contribution in [0.25, 0.3) is 0 Å². The fourth-order valence-corrected chi connectivity index (χ4v) is 3.74. The minimum Gasteiger partial charge on any atom is -0.354 e. The predicted octanol–water partition coefficient (Wildman–Crippen LogP) is 2.12. The lowest BCUT2D eigenvalue weighted by molar-refractivity contribution is -0.120. The number of nitrogens with one attached hydrogen (secondary N) is 1. The van der Waals surface area contributed by atoms with Crippen LogP contribution in [-0.4, -0.2) is 25.9 Å². The molecule has 0 aliphatic heterocycles. The second kappa shape index (κ2) is 7.17. The van der Waals surface area contributed by atoms with E-state index < -0.39 is 15.1 Å². The van der Waals surface area contributed by atoms with E-state index in [9.17, 15) is 13.2 Å². The number of hydrogen-bond donors (Lipinski definition) is 1. The quantitative estimate of drug-likeness (QED) is 0.885. The summed E-state index contributed by atoms with van der Waals surface area (Å²) in [4.78, 5) is 15.7. The van der Waals surface area contributed by atoms with Crippen LogP contribution in [0, 0.1) is 0 Å². The van der Waals surface area contributed by atoms with Crippen LogP contribution < -0.4 is 5.32 Å². The van der Waals surface area contributed by atoms with Gasteiger partial charge in [0.05, 0.1) is 4.90 Å². The average Bonchev–Trinajstić information content (AvgIpc) is 2.56. The molecule has 1 heterocycles. The first-order valence-electron chi connectivity index (χ1n) is 7.01. The Kier molecular flexibility index (Phi) is 5.27. The first-order valence-corrected chi connectivity index (χ1v) is 8.56. The van der Waals surface area contributed by atoms with Gasteiger partial charge in [0.2, 0.25) is 5.91 Å². The summed E-state index contributed by atoms with van der Waals surface area (Å²) in [5.74, 6) is -0.183. The lowest BCUT2D eigenvalue weighted by Crippen LogP contribution is -2.31. The van der Waals surface area contributed by atoms with Crippen molar-refractivity contribution in [2.75, 3.05) is 6.54 Å². The molecule has 1 aromatic heterocycles. The molecule has 0 fully saturated rings. The molecule has 2 rings (SSSR count). The Hall–Kier alpha value is -2.21. The van der Waals surface area contributed by atoms with E-state index in [4.69, 9.17) is 0 Å². The minimum atomic E-state index is -3.61. The number of benzene rings is 1. The minimum absolute atomic E-state index is 0.0234. The SMILES string of the molecule is CCC(=O)NC[C@H](c1cccnc1)S(=O)(=O)c1ccccc1. The van der Waals surface area contributed by atoms with Crippen LogP contribution in [-0.2, 0) is 14.6 Å². The van der Waals surface area contributed by atoms with Crippen molar-refractivity contribution in [3.05, 3.63) is 60.4 Å². The maximum atomic E-state index is 12.9. The Morgan fingerprint density at radius 2 is 1.91 bits per heavy atom. The Morgan fingerprint density at radius 1 is 1.18 bits per heavy atom. The molecule has 0 saturated heterocycles. The number of rotatable bonds is 6. The molecule has 1 amide bonds. The van der Waals surface area contributed by atoms with Gasteiger partial charge < -0.3 is 5.32 Å². The third-order valence-electron chi connectivity index (χ3n) is 3.31. The van der Waals surface area contributed by atoms with Gasteiger partial charge in [-0.25, -0.2) is 8.42 Å². The van der Waals surface area contributed by atoms with E-state index in [1.165, 1.54) is 6.20 Å². The van der Waals surface area contributed by atoms with Crippen LogP contribution in [0.4, 0.5) is 0 Å². The highest BCUT2D eigenvalue weighted by Gasteiger charge is 2.29. The summed E-state index contributed by atoms with van der Waals surface area (Å²) in [6.45, 7) is 1.75. The molecule has 0 saturated carbocycles. The number of carbonyl (C=O) groups is 1. The zero-order valence-electron chi connectivity index (χ0n) is 12.3. The topological polar surface area (TPSA) is 76.1 Å². The van der Waals surface area contributed by atoms with Crippen LogP contribution in [0.5, 0.6) is 0 Å². The standard InChI is InChI=1S/C16H18N2O3S/c1-2-16(19)18-12-15(13-7-6-10-17-11-13)22(20,21)14-8-4-3-5-9-14/h3-11,15H,2,12H2,1H3,(H,18,19)/t15-/m1/s1. The Morgan fingerprint density at radius 3 is 2.50 bits per heavy atom. The Labute approximate surface area is 130 Å². The predicted molar refractivity (Wildman–Crippen MR) is 83.9 cm³/mol. The molecule has 0 bridgehead atoms. The van der Waals surface area contributed by atoms with Crippen molar-refractivity contribution in [1.82, 2.24) is 10.3 Å². The monoisotopic (exact) mass is 318 g/mol. The summed E-state index contributed by atoms with van der Waals surface area (Å²) in [6.07, 6.45) is 3.41. The van der Waals surface area contributed by atoms with E-state index in [-0.39, 0.29) is 17.3 Å². The largest absolute Gasteiger partial charge is 0.354 e. The van der Waals surface area contributed by atoms with Gasteiger partial charge in [0.25, 0.3) is 0 Å². The summed E-state index contributed by atoms with van der Waals surface area (Å²) < 4.78 is 25.7. The van der Waals surface area contributed by atoms with Gasteiger partial charge in [-0.3, -0.25) is 9.78 Å². The molecular weight excluding hydrogens is 300 g/mol. The average molecular weight is 318 g/mol. The summed E-state index contributed by atoms with van der Waals surface area (Å²) >= 11 is 0. The van der Waals surface area contributed by atoms with Gasteiger partial charge >= 0.3 is 0 Å². The van der Waals surface area contributed by atoms with Gasteiger partial charge in [0, 0.05) is 25.4 Å². The number of carbonyl (C=O) groups excluding carboxylic acids is 1. The lowest BCUT2D eigenvalue weighted by Gasteiger charge is -2.18. The molecular formula is C16H18N2O3S. The second-order valence-electron chi connectivity index (χ2n) is 4.79. The van der Waals surface area contributed by atoms with Crippen LogP contribution in [0.3, 0.4) is 0 Å². The van der Waals surface area contributed by atoms with Crippen LogP contribution in [0.2, 0.25) is 0 Å². The maximum absolute atomic E-state index is 12.9. The molecule has 22 heavy (non-hydrogen) atoms. The maximum Gasteiger partial charge on any atom is 0.219 e. The van der Waals surface area contributed by atoms with Crippen molar-refractivity contribution in [1.29, 1.82) is 0 Å². The highest BCUT2D eigenvalue weighted by molar-refractivity contribution is 7.91. The van der Waals surface area contributed by atoms with Crippen molar-refractivity contribution in [3.63, 3.8) is 0 Å². The van der Waals surface area contributed by atoms with E-state index in [0.29, 0.717) is 12.0 Å². The van der Waals surface area contributed by atoms with Crippen molar-refractivity contribution >= 4 is 15.7 Å². The van der Waals surface area contributed by atoms with Gasteiger partial charge in [-0.2, -0.15) is 0 Å². The third-order valence-corrected chi connectivity index (χ3v) is 5.43. The molecule has 1 N–H and O–H groups in total. The smallest absolute Gasteiger partial charge is 0.219 e. The molecule has 6 heteroatoms. The van der Waals surface area contributed by atoms with Crippen LogP contribution >= 0.6 is 0 Å². The van der Waals surface area contributed by atoms with E-state index in [1.807, 2.05) is 0 Å². The van der Waals surface area contributed by atoms with Crippen molar-refractivity contribution in [2.24, 2.45) is 0 Å². The van der Waals surface area contributed by atoms with Crippen LogP contribution in [0.15, 0.2) is 59.8 Å². The fraction of sp³-hybridized carbons (Fsp3) is 0.250. The van der Waals surface area contributed by atoms with Crippen molar-refractivity contribution in [2.45, 2.75) is 23.5 Å². The van der Waals surface area contributed by atoms with E-state index >= 15 is 0 Å². The zero-order chi connectivity index (χ0) is 16.0. The number of pyridine rings is 1. The molecule has 116 valence electrons. The summed E-state index contributed by atoms with van der Waals surface area (Å²) in [5, 5.41) is 1.80. The molecule has 0 spiro atoms. The van der Waals surface area contributed by atoms with Crippen molar-refractivity contribution in [3.8, 4) is 0 Å². The van der Waals surface area contributed by atoms with Gasteiger partial charge in [0.15, 0.2) is 9.84 Å². The summed E-state index contributed by atoms with van der Waals surface area (Å²) in [7, 11) is -3.61. The molecule has 0 unspecified atom stereocenters. The molecule has 2 aromatic rings. The first kappa shape index (κ1) is 16.2. The van der Waals surface area contributed by atoms with Gasteiger partial charge in [-0.1, -0.05) is 31.2 Å². The molecule has 0 aliphatic carbocycles. The summed E-state index contributed by atoms with van der Waals surface area (Å²) in [6, 6.07) is 11.6. The number of hydrogen-bond acceptors (Lipinski definition) is 4. The summed E-state index contributed by atoms with van der Waals surface area (Å²) in [5.41, 5.74) is 0.558. The normalized spacial score (nSPS) is 12.6. The highest BCUT2D eigenvalue weighted by Crippen LogP contribution is 2.27. The van der Waals surface area contributed by atoms with E-state index in [1.54, 1.807) is 55.6 Å². The highest BCUT2D eigenvalue weighted by atomic mass is 32.2. The first-order chi connectivity index (χ1) is 10.6. The molecule has 0 aliphatic rings. The van der Waals surface area contributed by atoms with Gasteiger partial charge in [-0.15, -0.1) is 0 Å². The van der Waals surface area contributed by atoms with E-state index in [2.05, 4.69) is 10.3 Å². The Balaban J connectivity index is 2.38. The fourth-order valence-electron chi connectivity index (χ4n) is 2.08. The number of aromatic nitrogens is 1. The van der Waals surface area contributed by atoms with Crippen molar-refractivity contribution < 1.29 is 13.2 Å². The molecule has 5 nitrogen and oxygen atoms in total. The molecule has 1 atom stereocenters. The van der Waals surface area contributed by atoms with Crippen LogP contribution in [0.1, 0.15) is 24.2 Å².